The number of benzene rings is 2. The average Bonchev–Trinajstić information content (AvgIpc) is 3.57. The molecule has 5 rings (SSSR count). The van der Waals surface area contributed by atoms with Crippen molar-refractivity contribution in [3.05, 3.63) is 97.1 Å². The number of aliphatic hydroxyl groups excluding tert-OH is 1. The number of hydrogen-bond donors (Lipinski definition) is 1. The van der Waals surface area contributed by atoms with E-state index in [1.165, 1.54) is 0 Å². The van der Waals surface area contributed by atoms with Crippen LogP contribution in [-0.4, -0.2) is 68.0 Å². The first-order valence-electron chi connectivity index (χ1n) is 14.7. The van der Waals surface area contributed by atoms with Gasteiger partial charge in [0, 0.05) is 17.8 Å². The van der Waals surface area contributed by atoms with E-state index in [-0.39, 0.29) is 31.0 Å². The van der Waals surface area contributed by atoms with Crippen LogP contribution in [0.4, 0.5) is 0 Å². The number of carbonyl (C=O) groups excluding carboxylic acids is 3. The van der Waals surface area contributed by atoms with Crippen molar-refractivity contribution >= 4 is 29.5 Å². The lowest BCUT2D eigenvalue weighted by Crippen LogP contribution is -2.55. The fourth-order valence-electron chi connectivity index (χ4n) is 7.22. The number of likely N-dealkylation sites (tertiary alicyclic amines) is 1. The van der Waals surface area contributed by atoms with Gasteiger partial charge in [-0.1, -0.05) is 72.8 Å². The van der Waals surface area contributed by atoms with Crippen LogP contribution in [0.3, 0.4) is 0 Å². The fraction of sp³-hybridized carbons (Fsp3) is 0.441. The highest BCUT2D eigenvalue weighted by atomic mass is 32.2. The quantitative estimate of drug-likeness (QED) is 0.203. The second kappa shape index (κ2) is 12.5. The zero-order chi connectivity index (χ0) is 29.9. The number of fused-ring (bicyclic) bond motifs is 1. The van der Waals surface area contributed by atoms with Gasteiger partial charge in [-0.25, -0.2) is 0 Å². The Morgan fingerprint density at radius 1 is 1.12 bits per heavy atom. The molecule has 0 aliphatic carbocycles. The van der Waals surface area contributed by atoms with E-state index >= 15 is 0 Å². The third-order valence-corrected chi connectivity index (χ3v) is 11.1. The Balaban J connectivity index is 1.57. The highest BCUT2D eigenvalue weighted by molar-refractivity contribution is 8.02. The maximum atomic E-state index is 14.8. The number of rotatable bonds is 13. The molecule has 3 fully saturated rings. The van der Waals surface area contributed by atoms with Gasteiger partial charge in [-0.15, -0.1) is 24.9 Å². The zero-order valence-corrected chi connectivity index (χ0v) is 25.0. The van der Waals surface area contributed by atoms with E-state index < -0.39 is 33.4 Å². The molecule has 2 aromatic rings. The van der Waals surface area contributed by atoms with Gasteiger partial charge in [0.25, 0.3) is 0 Å². The number of ether oxygens (including phenoxy) is 1. The van der Waals surface area contributed by atoms with Crippen molar-refractivity contribution in [2.24, 2.45) is 11.8 Å². The van der Waals surface area contributed by atoms with Gasteiger partial charge >= 0.3 is 5.97 Å². The van der Waals surface area contributed by atoms with Gasteiger partial charge in [-0.3, -0.25) is 14.4 Å². The van der Waals surface area contributed by atoms with Crippen molar-refractivity contribution in [1.82, 2.24) is 9.80 Å². The van der Waals surface area contributed by atoms with Crippen LogP contribution >= 0.6 is 11.8 Å². The maximum absolute atomic E-state index is 14.8. The van der Waals surface area contributed by atoms with E-state index in [9.17, 15) is 19.5 Å². The molecule has 3 heterocycles. The molecule has 0 radical (unpaired) electrons. The molecule has 2 aromatic carbocycles. The Labute approximate surface area is 252 Å². The number of allylic oxidation sites excluding steroid dienone is 1. The second-order valence-corrected chi connectivity index (χ2v) is 13.6. The summed E-state index contributed by atoms with van der Waals surface area (Å²) in [7, 11) is 0. The molecule has 1 spiro atoms. The standard InChI is InChI=1S/C34H40N2O5S/c1-4-6-13-21-41-32(40)28-27-30(38)36(26(23-37)25-16-11-8-12-17-25)29(34(27)19-18-33(28,3)42-34)31(39)35(20-5-2)22-24-14-9-7-10-15-24/h4-5,7-12,14-17,26-29,37H,1-2,6,13,18-23H2,3H3/t26-,27+,28-,29?,33+,34?/m1/s1. The molecule has 3 aliphatic rings. The topological polar surface area (TPSA) is 87.1 Å². The molecule has 3 saturated heterocycles. The van der Waals surface area contributed by atoms with Gasteiger partial charge in [-0.2, -0.15) is 0 Å². The summed E-state index contributed by atoms with van der Waals surface area (Å²) in [5.41, 5.74) is 1.71. The minimum Gasteiger partial charge on any atom is -0.465 e. The van der Waals surface area contributed by atoms with Gasteiger partial charge in [0.05, 0.1) is 35.8 Å². The fourth-order valence-corrected chi connectivity index (χ4v) is 9.55. The number of amides is 2. The molecular formula is C34H40N2O5S. The minimum atomic E-state index is -0.860. The van der Waals surface area contributed by atoms with Gasteiger partial charge in [0.1, 0.15) is 6.04 Å². The van der Waals surface area contributed by atoms with Crippen LogP contribution in [-0.2, 0) is 25.7 Å². The predicted octanol–water partition coefficient (Wildman–Crippen LogP) is 4.93. The van der Waals surface area contributed by atoms with E-state index in [1.54, 1.807) is 33.7 Å². The Kier molecular flexibility index (Phi) is 8.94. The third kappa shape index (κ3) is 5.20. The summed E-state index contributed by atoms with van der Waals surface area (Å²) < 4.78 is 4.40. The molecule has 1 N–H and O–H groups in total. The highest BCUT2D eigenvalue weighted by Crippen LogP contribution is 2.72. The lowest BCUT2D eigenvalue weighted by molar-refractivity contribution is -0.156. The number of unbranched alkanes of at least 4 members (excludes halogenated alkanes) is 1. The van der Waals surface area contributed by atoms with Crippen molar-refractivity contribution in [3.63, 3.8) is 0 Å². The Bertz CT molecular complexity index is 1320. The normalized spacial score (nSPS) is 28.3. The van der Waals surface area contributed by atoms with Gasteiger partial charge in [0.15, 0.2) is 0 Å². The van der Waals surface area contributed by atoms with Crippen LogP contribution in [0.1, 0.15) is 49.8 Å². The summed E-state index contributed by atoms with van der Waals surface area (Å²) in [5, 5.41) is 10.7. The minimum absolute atomic E-state index is 0.194. The van der Waals surface area contributed by atoms with E-state index in [2.05, 4.69) is 13.2 Å². The summed E-state index contributed by atoms with van der Waals surface area (Å²) in [5.74, 6) is -2.24. The molecule has 6 atom stereocenters. The molecule has 0 aromatic heterocycles. The number of esters is 1. The highest BCUT2D eigenvalue weighted by Gasteiger charge is 2.78. The number of aliphatic hydroxyl groups is 1. The van der Waals surface area contributed by atoms with Gasteiger partial charge in [0.2, 0.25) is 11.8 Å². The average molecular weight is 589 g/mol. The third-order valence-electron chi connectivity index (χ3n) is 9.07. The summed E-state index contributed by atoms with van der Waals surface area (Å²) >= 11 is 1.61. The van der Waals surface area contributed by atoms with Crippen molar-refractivity contribution in [1.29, 1.82) is 0 Å². The van der Waals surface area contributed by atoms with Gasteiger partial charge < -0.3 is 19.6 Å². The summed E-state index contributed by atoms with van der Waals surface area (Å²) in [6, 6.07) is 17.5. The van der Waals surface area contributed by atoms with Gasteiger partial charge in [-0.05, 0) is 43.7 Å². The first-order valence-corrected chi connectivity index (χ1v) is 15.5. The smallest absolute Gasteiger partial charge is 0.311 e. The Hall–Kier alpha value is -3.36. The van der Waals surface area contributed by atoms with Crippen molar-refractivity contribution in [3.8, 4) is 0 Å². The lowest BCUT2D eigenvalue weighted by Gasteiger charge is -2.39. The molecule has 222 valence electrons. The first kappa shape index (κ1) is 30.1. The van der Waals surface area contributed by atoms with Crippen LogP contribution in [0.15, 0.2) is 86.0 Å². The van der Waals surface area contributed by atoms with Crippen molar-refractivity contribution in [2.75, 3.05) is 19.8 Å². The molecule has 8 heteroatoms. The molecule has 2 unspecified atom stereocenters. The molecule has 2 amide bonds. The summed E-state index contributed by atoms with van der Waals surface area (Å²) in [4.78, 5) is 46.4. The second-order valence-electron chi connectivity index (χ2n) is 11.7. The van der Waals surface area contributed by atoms with Crippen molar-refractivity contribution in [2.45, 2.75) is 60.7 Å². The molecule has 0 saturated carbocycles. The van der Waals surface area contributed by atoms with Crippen LogP contribution in [0, 0.1) is 11.8 Å². The number of carbonyl (C=O) groups is 3. The molecule has 3 aliphatic heterocycles. The Morgan fingerprint density at radius 2 is 1.81 bits per heavy atom. The molecule has 7 nitrogen and oxygen atoms in total. The monoisotopic (exact) mass is 588 g/mol. The van der Waals surface area contributed by atoms with Crippen LogP contribution in [0.25, 0.3) is 0 Å². The molecular weight excluding hydrogens is 548 g/mol. The number of nitrogens with zero attached hydrogens (tertiary/aromatic N) is 2. The molecule has 42 heavy (non-hydrogen) atoms. The zero-order valence-electron chi connectivity index (χ0n) is 24.2. The van der Waals surface area contributed by atoms with Crippen LogP contribution < -0.4 is 0 Å². The first-order chi connectivity index (χ1) is 20.3. The molecule has 2 bridgehead atoms. The van der Waals surface area contributed by atoms with E-state index in [1.807, 2.05) is 67.6 Å². The van der Waals surface area contributed by atoms with E-state index in [0.717, 1.165) is 17.5 Å². The maximum Gasteiger partial charge on any atom is 0.311 e. The van der Waals surface area contributed by atoms with E-state index in [0.29, 0.717) is 32.4 Å². The van der Waals surface area contributed by atoms with Crippen molar-refractivity contribution < 1.29 is 24.2 Å². The summed E-state index contributed by atoms with van der Waals surface area (Å²) in [6.45, 7) is 10.2. The number of thioether (sulfide) groups is 1. The Morgan fingerprint density at radius 3 is 2.45 bits per heavy atom. The number of hydrogen-bond acceptors (Lipinski definition) is 6. The van der Waals surface area contributed by atoms with E-state index in [4.69, 9.17) is 4.74 Å². The lowest BCUT2D eigenvalue weighted by atomic mass is 9.66. The van der Waals surface area contributed by atoms with Crippen LogP contribution in [0.5, 0.6) is 0 Å². The largest absolute Gasteiger partial charge is 0.465 e. The predicted molar refractivity (Wildman–Crippen MR) is 164 cm³/mol. The summed E-state index contributed by atoms with van der Waals surface area (Å²) in [6.07, 6.45) is 6.20. The SMILES string of the molecule is C=CCCCOC(=O)[C@H]1[C@H]2C(=O)N([C@H](CO)c3ccccc3)C(C(=O)N(CC=C)Cc3ccccc3)C23CC[C@]1(C)S3. The van der Waals surface area contributed by atoms with Crippen LogP contribution in [0.2, 0.25) is 0 Å².